The predicted molar refractivity (Wildman–Crippen MR) is 85.6 cm³/mol. The highest BCUT2D eigenvalue weighted by atomic mass is 35.5. The Bertz CT molecular complexity index is 586. The van der Waals surface area contributed by atoms with Crippen LogP contribution in [-0.2, 0) is 16.0 Å². The van der Waals surface area contributed by atoms with Crippen molar-refractivity contribution in [3.8, 4) is 0 Å². The second kappa shape index (κ2) is 6.29. The summed E-state index contributed by atoms with van der Waals surface area (Å²) in [6, 6.07) is 8.09. The SMILES string of the molecule is CC(Cc1cccc(Cl)c1)NC(=O)C1CC(=O)N(C2CC2)C1. The van der Waals surface area contributed by atoms with Crippen molar-refractivity contribution < 1.29 is 9.59 Å². The molecule has 1 aliphatic heterocycles. The van der Waals surface area contributed by atoms with E-state index >= 15 is 0 Å². The van der Waals surface area contributed by atoms with E-state index in [-0.39, 0.29) is 23.8 Å². The Hall–Kier alpha value is -1.55. The Balaban J connectivity index is 1.52. The van der Waals surface area contributed by atoms with Gasteiger partial charge in [0, 0.05) is 30.1 Å². The maximum absolute atomic E-state index is 12.3. The van der Waals surface area contributed by atoms with Crippen molar-refractivity contribution in [3.63, 3.8) is 0 Å². The quantitative estimate of drug-likeness (QED) is 0.905. The molecule has 1 heterocycles. The third-order valence-corrected chi connectivity index (χ3v) is 4.57. The summed E-state index contributed by atoms with van der Waals surface area (Å²) in [6.07, 6.45) is 3.27. The number of nitrogens with one attached hydrogen (secondary N) is 1. The van der Waals surface area contributed by atoms with Gasteiger partial charge < -0.3 is 10.2 Å². The smallest absolute Gasteiger partial charge is 0.225 e. The number of halogens is 1. The molecule has 5 heteroatoms. The van der Waals surface area contributed by atoms with Gasteiger partial charge in [-0.2, -0.15) is 0 Å². The highest BCUT2D eigenvalue weighted by Crippen LogP contribution is 2.32. The first kappa shape index (κ1) is 15.3. The van der Waals surface area contributed by atoms with Crippen molar-refractivity contribution in [2.24, 2.45) is 5.92 Å². The Kier molecular flexibility index (Phi) is 4.39. The Labute approximate surface area is 135 Å². The molecule has 1 saturated heterocycles. The molecule has 2 fully saturated rings. The van der Waals surface area contributed by atoms with Crippen LogP contribution in [0.2, 0.25) is 5.02 Å². The van der Waals surface area contributed by atoms with Crippen LogP contribution in [0.5, 0.6) is 0 Å². The predicted octanol–water partition coefficient (Wildman–Crippen LogP) is 2.40. The molecule has 1 N–H and O–H groups in total. The molecular formula is C17H21ClN2O2. The van der Waals surface area contributed by atoms with Gasteiger partial charge in [-0.1, -0.05) is 23.7 Å². The minimum absolute atomic E-state index is 0.00831. The normalized spacial score (nSPS) is 22.7. The summed E-state index contributed by atoms with van der Waals surface area (Å²) in [6.45, 7) is 2.56. The molecule has 1 aliphatic carbocycles. The molecular weight excluding hydrogens is 300 g/mol. The average Bonchev–Trinajstić information content (AvgIpc) is 3.21. The number of likely N-dealkylation sites (tertiary alicyclic amines) is 1. The van der Waals surface area contributed by atoms with Crippen molar-refractivity contribution in [1.82, 2.24) is 10.2 Å². The fourth-order valence-electron chi connectivity index (χ4n) is 3.08. The molecule has 2 aliphatic rings. The Morgan fingerprint density at radius 1 is 1.45 bits per heavy atom. The lowest BCUT2D eigenvalue weighted by atomic mass is 10.0. The van der Waals surface area contributed by atoms with Crippen LogP contribution in [0.4, 0.5) is 0 Å². The number of carbonyl (C=O) groups is 2. The number of hydrogen-bond donors (Lipinski definition) is 1. The standard InChI is InChI=1S/C17H21ClN2O2/c1-11(7-12-3-2-4-14(18)8-12)19-17(22)13-9-16(21)20(10-13)15-5-6-15/h2-4,8,11,13,15H,5-7,9-10H2,1H3,(H,19,22). The van der Waals surface area contributed by atoms with E-state index in [1.807, 2.05) is 36.1 Å². The van der Waals surface area contributed by atoms with Crippen molar-refractivity contribution >= 4 is 23.4 Å². The van der Waals surface area contributed by atoms with E-state index in [0.29, 0.717) is 24.0 Å². The number of benzene rings is 1. The molecule has 2 amide bonds. The third-order valence-electron chi connectivity index (χ3n) is 4.34. The molecule has 2 atom stereocenters. The van der Waals surface area contributed by atoms with E-state index in [0.717, 1.165) is 24.8 Å². The van der Waals surface area contributed by atoms with Crippen LogP contribution in [0.25, 0.3) is 0 Å². The van der Waals surface area contributed by atoms with Crippen LogP contribution < -0.4 is 5.32 Å². The van der Waals surface area contributed by atoms with Crippen molar-refractivity contribution in [1.29, 1.82) is 0 Å². The monoisotopic (exact) mass is 320 g/mol. The zero-order valence-electron chi connectivity index (χ0n) is 12.7. The lowest BCUT2D eigenvalue weighted by Gasteiger charge is -2.18. The van der Waals surface area contributed by atoms with E-state index in [1.165, 1.54) is 0 Å². The molecule has 0 bridgehead atoms. The lowest BCUT2D eigenvalue weighted by Crippen LogP contribution is -2.39. The number of amides is 2. The van der Waals surface area contributed by atoms with Gasteiger partial charge in [0.1, 0.15) is 0 Å². The van der Waals surface area contributed by atoms with Gasteiger partial charge in [0.05, 0.1) is 5.92 Å². The summed E-state index contributed by atoms with van der Waals surface area (Å²) in [4.78, 5) is 26.1. The fourth-order valence-corrected chi connectivity index (χ4v) is 3.29. The molecule has 3 rings (SSSR count). The molecule has 4 nitrogen and oxygen atoms in total. The molecule has 0 aromatic heterocycles. The van der Waals surface area contributed by atoms with Crippen molar-refractivity contribution in [3.05, 3.63) is 34.9 Å². The Morgan fingerprint density at radius 3 is 2.91 bits per heavy atom. The summed E-state index contributed by atoms with van der Waals surface area (Å²) >= 11 is 5.97. The summed E-state index contributed by atoms with van der Waals surface area (Å²) in [5, 5.41) is 3.74. The third kappa shape index (κ3) is 3.61. The summed E-state index contributed by atoms with van der Waals surface area (Å²) in [5.41, 5.74) is 1.10. The van der Waals surface area contributed by atoms with Gasteiger partial charge in [-0.05, 0) is 43.9 Å². The zero-order chi connectivity index (χ0) is 15.7. The van der Waals surface area contributed by atoms with Gasteiger partial charge in [-0.25, -0.2) is 0 Å². The van der Waals surface area contributed by atoms with Crippen LogP contribution >= 0.6 is 11.6 Å². The van der Waals surface area contributed by atoms with E-state index in [9.17, 15) is 9.59 Å². The zero-order valence-corrected chi connectivity index (χ0v) is 13.5. The van der Waals surface area contributed by atoms with Crippen LogP contribution in [-0.4, -0.2) is 35.3 Å². The largest absolute Gasteiger partial charge is 0.353 e. The fraction of sp³-hybridized carbons (Fsp3) is 0.529. The van der Waals surface area contributed by atoms with Gasteiger partial charge in [0.2, 0.25) is 11.8 Å². The van der Waals surface area contributed by atoms with Crippen molar-refractivity contribution in [2.45, 2.75) is 44.7 Å². The van der Waals surface area contributed by atoms with Gasteiger partial charge in [0.15, 0.2) is 0 Å². The second-order valence-corrected chi connectivity index (χ2v) is 6.86. The van der Waals surface area contributed by atoms with Crippen LogP contribution in [0.1, 0.15) is 31.7 Å². The van der Waals surface area contributed by atoms with Crippen LogP contribution in [0.15, 0.2) is 24.3 Å². The average molecular weight is 321 g/mol. The van der Waals surface area contributed by atoms with Crippen molar-refractivity contribution in [2.75, 3.05) is 6.54 Å². The number of carbonyl (C=O) groups excluding carboxylic acids is 2. The maximum atomic E-state index is 12.3. The molecule has 1 saturated carbocycles. The van der Waals surface area contributed by atoms with E-state index in [4.69, 9.17) is 11.6 Å². The number of rotatable bonds is 5. The van der Waals surface area contributed by atoms with Gasteiger partial charge in [-0.15, -0.1) is 0 Å². The molecule has 1 aromatic rings. The van der Waals surface area contributed by atoms with Gasteiger partial charge in [0.25, 0.3) is 0 Å². The topological polar surface area (TPSA) is 49.4 Å². The van der Waals surface area contributed by atoms with Gasteiger partial charge in [-0.3, -0.25) is 9.59 Å². The summed E-state index contributed by atoms with van der Waals surface area (Å²) in [5.74, 6) is -0.0777. The summed E-state index contributed by atoms with van der Waals surface area (Å²) in [7, 11) is 0. The maximum Gasteiger partial charge on any atom is 0.225 e. The van der Waals surface area contributed by atoms with Crippen LogP contribution in [0, 0.1) is 5.92 Å². The molecule has 22 heavy (non-hydrogen) atoms. The lowest BCUT2D eigenvalue weighted by molar-refractivity contribution is -0.129. The second-order valence-electron chi connectivity index (χ2n) is 6.42. The molecule has 0 radical (unpaired) electrons. The first-order chi connectivity index (χ1) is 10.5. The highest BCUT2D eigenvalue weighted by molar-refractivity contribution is 6.30. The molecule has 118 valence electrons. The molecule has 2 unspecified atom stereocenters. The Morgan fingerprint density at radius 2 is 2.23 bits per heavy atom. The highest BCUT2D eigenvalue weighted by Gasteiger charge is 2.41. The first-order valence-corrected chi connectivity index (χ1v) is 8.25. The molecule has 0 spiro atoms. The molecule has 1 aromatic carbocycles. The van der Waals surface area contributed by atoms with E-state index in [1.54, 1.807) is 0 Å². The van der Waals surface area contributed by atoms with Crippen LogP contribution in [0.3, 0.4) is 0 Å². The number of hydrogen-bond acceptors (Lipinski definition) is 2. The summed E-state index contributed by atoms with van der Waals surface area (Å²) < 4.78 is 0. The van der Waals surface area contributed by atoms with E-state index in [2.05, 4.69) is 5.32 Å². The van der Waals surface area contributed by atoms with Gasteiger partial charge >= 0.3 is 0 Å². The van der Waals surface area contributed by atoms with E-state index < -0.39 is 0 Å². The first-order valence-electron chi connectivity index (χ1n) is 7.87. The minimum Gasteiger partial charge on any atom is -0.353 e. The minimum atomic E-state index is -0.199. The number of nitrogens with zero attached hydrogens (tertiary/aromatic N) is 1.